The van der Waals surface area contributed by atoms with Gasteiger partial charge in [0.25, 0.3) is 0 Å². The third-order valence-corrected chi connectivity index (χ3v) is 5.14. The van der Waals surface area contributed by atoms with Gasteiger partial charge in [-0.3, -0.25) is 0 Å². The first-order chi connectivity index (χ1) is 14.8. The van der Waals surface area contributed by atoms with Crippen molar-refractivity contribution < 1.29 is 32.9 Å². The van der Waals surface area contributed by atoms with Gasteiger partial charge >= 0.3 is 12.1 Å². The maximum absolute atomic E-state index is 13.4. The molecule has 0 amide bonds. The number of carboxylic acids is 1. The number of benzene rings is 3. The molecule has 0 fully saturated rings. The molecule has 0 spiro atoms. The summed E-state index contributed by atoms with van der Waals surface area (Å²) in [5.41, 5.74) is -0.0142. The lowest BCUT2D eigenvalue weighted by atomic mass is 9.87. The molecule has 4 rings (SSSR count). The number of carboxylic acid groups (broad SMARTS) is 1. The van der Waals surface area contributed by atoms with Crippen LogP contribution in [0.25, 0.3) is 5.76 Å². The highest BCUT2D eigenvalue weighted by atomic mass is 19.4. The Morgan fingerprint density at radius 3 is 2.32 bits per heavy atom. The zero-order valence-corrected chi connectivity index (χ0v) is 16.1. The number of aliphatic hydroxyl groups is 1. The molecular weight excluding hydrogens is 409 g/mol. The molecule has 7 heteroatoms. The van der Waals surface area contributed by atoms with Crippen LogP contribution in [0.3, 0.4) is 0 Å². The lowest BCUT2D eigenvalue weighted by molar-refractivity contribution is -0.137. The number of aromatic carboxylic acids is 1. The van der Waals surface area contributed by atoms with Crippen LogP contribution in [0.2, 0.25) is 0 Å². The van der Waals surface area contributed by atoms with E-state index >= 15 is 0 Å². The minimum absolute atomic E-state index is 0.135. The van der Waals surface area contributed by atoms with Gasteiger partial charge in [-0.2, -0.15) is 13.2 Å². The van der Waals surface area contributed by atoms with Gasteiger partial charge in [0.2, 0.25) is 0 Å². The van der Waals surface area contributed by atoms with Crippen LogP contribution in [-0.4, -0.2) is 16.2 Å². The molecule has 1 heterocycles. The molecule has 3 aromatic carbocycles. The summed E-state index contributed by atoms with van der Waals surface area (Å²) in [6, 6.07) is 18.0. The van der Waals surface area contributed by atoms with Gasteiger partial charge in [-0.05, 0) is 35.9 Å². The Hall–Kier alpha value is -3.74. The van der Waals surface area contributed by atoms with Gasteiger partial charge in [0.1, 0.15) is 17.6 Å². The molecule has 4 nitrogen and oxygen atoms in total. The van der Waals surface area contributed by atoms with Gasteiger partial charge in [-0.15, -0.1) is 0 Å². The summed E-state index contributed by atoms with van der Waals surface area (Å²) in [5.74, 6) is -1.26. The standard InChI is InChI=1S/C24H17F3O4/c25-24(26,27)15-10-11-16(23(29)30)18(13-15)22-19(12-14-6-2-1-3-7-14)21(28)17-8-4-5-9-20(17)31-22/h1-11,13,22,28H,12H2,(H,29,30). The molecule has 2 N–H and O–H groups in total. The van der Waals surface area contributed by atoms with Crippen molar-refractivity contribution >= 4 is 11.7 Å². The average Bonchev–Trinajstić information content (AvgIpc) is 2.75. The highest BCUT2D eigenvalue weighted by molar-refractivity contribution is 5.90. The van der Waals surface area contributed by atoms with Crippen LogP contribution < -0.4 is 4.74 Å². The molecule has 1 unspecified atom stereocenters. The first kappa shape index (κ1) is 20.5. The van der Waals surface area contributed by atoms with Crippen molar-refractivity contribution in [2.75, 3.05) is 0 Å². The predicted octanol–water partition coefficient (Wildman–Crippen LogP) is 6.05. The van der Waals surface area contributed by atoms with E-state index < -0.39 is 23.8 Å². The third-order valence-electron chi connectivity index (χ3n) is 5.14. The Kier molecular flexibility index (Phi) is 5.19. The summed E-state index contributed by atoms with van der Waals surface area (Å²) in [6.45, 7) is 0. The van der Waals surface area contributed by atoms with E-state index in [0.29, 0.717) is 5.56 Å². The van der Waals surface area contributed by atoms with E-state index in [9.17, 15) is 28.2 Å². The van der Waals surface area contributed by atoms with Crippen LogP contribution in [-0.2, 0) is 12.6 Å². The molecule has 1 aliphatic heterocycles. The lowest BCUT2D eigenvalue weighted by Gasteiger charge is -2.30. The Labute approximate surface area is 175 Å². The number of ether oxygens (including phenoxy) is 1. The van der Waals surface area contributed by atoms with Crippen molar-refractivity contribution in [2.24, 2.45) is 0 Å². The Balaban J connectivity index is 1.92. The number of para-hydroxylation sites is 1. The number of fused-ring (bicyclic) bond motifs is 1. The molecule has 0 bridgehead atoms. The van der Waals surface area contributed by atoms with Crippen LogP contribution in [0.5, 0.6) is 5.75 Å². The molecular formula is C24H17F3O4. The lowest BCUT2D eigenvalue weighted by Crippen LogP contribution is -2.22. The molecule has 1 atom stereocenters. The highest BCUT2D eigenvalue weighted by Gasteiger charge is 2.36. The van der Waals surface area contributed by atoms with Crippen LogP contribution in [0.15, 0.2) is 78.4 Å². The van der Waals surface area contributed by atoms with E-state index in [1.54, 1.807) is 36.4 Å². The molecule has 31 heavy (non-hydrogen) atoms. The van der Waals surface area contributed by atoms with Crippen molar-refractivity contribution in [3.63, 3.8) is 0 Å². The topological polar surface area (TPSA) is 66.8 Å². The zero-order chi connectivity index (χ0) is 22.2. The van der Waals surface area contributed by atoms with E-state index in [1.165, 1.54) is 0 Å². The van der Waals surface area contributed by atoms with E-state index in [4.69, 9.17) is 4.74 Å². The van der Waals surface area contributed by atoms with Gasteiger partial charge in [-0.1, -0.05) is 42.5 Å². The van der Waals surface area contributed by atoms with Crippen LogP contribution >= 0.6 is 0 Å². The number of rotatable bonds is 4. The first-order valence-electron chi connectivity index (χ1n) is 9.42. The molecule has 3 aromatic rings. The minimum atomic E-state index is -4.66. The minimum Gasteiger partial charge on any atom is -0.507 e. The number of carbonyl (C=O) groups is 1. The summed E-state index contributed by atoms with van der Waals surface area (Å²) in [7, 11) is 0. The second-order valence-electron chi connectivity index (χ2n) is 7.14. The number of halogens is 3. The maximum Gasteiger partial charge on any atom is 0.416 e. The molecule has 0 saturated carbocycles. The number of hydrogen-bond acceptors (Lipinski definition) is 3. The number of hydrogen-bond donors (Lipinski definition) is 2. The summed E-state index contributed by atoms with van der Waals surface area (Å²) in [6.07, 6.45) is -5.70. The molecule has 0 aliphatic carbocycles. The van der Waals surface area contributed by atoms with E-state index in [2.05, 4.69) is 0 Å². The quantitative estimate of drug-likeness (QED) is 0.533. The Morgan fingerprint density at radius 1 is 0.968 bits per heavy atom. The third kappa shape index (κ3) is 3.99. The SMILES string of the molecule is O=C(O)c1ccc(C(F)(F)F)cc1C1Oc2ccccc2C(O)=C1Cc1ccccc1. The van der Waals surface area contributed by atoms with Crippen LogP contribution in [0, 0.1) is 0 Å². The second-order valence-corrected chi connectivity index (χ2v) is 7.14. The van der Waals surface area contributed by atoms with Gasteiger partial charge in [-0.25, -0.2) is 4.79 Å². The van der Waals surface area contributed by atoms with Crippen molar-refractivity contribution in [2.45, 2.75) is 18.7 Å². The number of aliphatic hydroxyl groups excluding tert-OH is 1. The number of alkyl halides is 3. The van der Waals surface area contributed by atoms with Gasteiger partial charge in [0.05, 0.1) is 16.7 Å². The van der Waals surface area contributed by atoms with Crippen LogP contribution in [0.4, 0.5) is 13.2 Å². The van der Waals surface area contributed by atoms with Crippen LogP contribution in [0.1, 0.15) is 38.7 Å². The fourth-order valence-electron chi connectivity index (χ4n) is 3.65. The summed E-state index contributed by atoms with van der Waals surface area (Å²) >= 11 is 0. The van der Waals surface area contributed by atoms with Crippen molar-refractivity contribution in [3.8, 4) is 5.75 Å². The normalized spacial score (nSPS) is 15.9. The average molecular weight is 426 g/mol. The van der Waals surface area contributed by atoms with Crippen molar-refractivity contribution in [1.82, 2.24) is 0 Å². The zero-order valence-electron chi connectivity index (χ0n) is 16.1. The fourth-order valence-corrected chi connectivity index (χ4v) is 3.65. The fraction of sp³-hybridized carbons (Fsp3) is 0.125. The Bertz CT molecular complexity index is 1170. The highest BCUT2D eigenvalue weighted by Crippen LogP contribution is 2.44. The molecule has 158 valence electrons. The Morgan fingerprint density at radius 2 is 1.65 bits per heavy atom. The van der Waals surface area contributed by atoms with E-state index in [0.717, 1.165) is 23.8 Å². The van der Waals surface area contributed by atoms with E-state index in [1.807, 2.05) is 18.2 Å². The van der Waals surface area contributed by atoms with E-state index in [-0.39, 0.29) is 34.6 Å². The molecule has 0 saturated heterocycles. The molecule has 0 radical (unpaired) electrons. The monoisotopic (exact) mass is 426 g/mol. The summed E-state index contributed by atoms with van der Waals surface area (Å²) in [4.78, 5) is 11.8. The smallest absolute Gasteiger partial charge is 0.416 e. The van der Waals surface area contributed by atoms with Gasteiger partial charge < -0.3 is 14.9 Å². The predicted molar refractivity (Wildman–Crippen MR) is 108 cm³/mol. The molecule has 1 aliphatic rings. The molecule has 0 aromatic heterocycles. The summed E-state index contributed by atoms with van der Waals surface area (Å²) < 4.78 is 46.1. The maximum atomic E-state index is 13.4. The van der Waals surface area contributed by atoms with Gasteiger partial charge in [0, 0.05) is 17.6 Å². The summed E-state index contributed by atoms with van der Waals surface area (Å²) in [5, 5.41) is 20.6. The largest absolute Gasteiger partial charge is 0.507 e. The van der Waals surface area contributed by atoms with Gasteiger partial charge in [0.15, 0.2) is 0 Å². The van der Waals surface area contributed by atoms with Crippen molar-refractivity contribution in [3.05, 3.63) is 106 Å². The first-order valence-corrected chi connectivity index (χ1v) is 9.42. The second kappa shape index (κ2) is 7.83. The van der Waals surface area contributed by atoms with Crippen molar-refractivity contribution in [1.29, 1.82) is 0 Å².